The number of rotatable bonds is 3. The number of aryl methyl sites for hydroxylation is 1. The highest BCUT2D eigenvalue weighted by molar-refractivity contribution is 5.37. The molecule has 1 aromatic rings. The molecule has 0 radical (unpaired) electrons. The lowest BCUT2D eigenvalue weighted by molar-refractivity contribution is -0.153. The predicted molar refractivity (Wildman–Crippen MR) is 78.0 cm³/mol. The second-order valence-corrected chi connectivity index (χ2v) is 6.32. The lowest BCUT2D eigenvalue weighted by Gasteiger charge is -2.47. The van der Waals surface area contributed by atoms with E-state index in [1.807, 2.05) is 25.1 Å². The topological polar surface area (TPSA) is 38.7 Å². The first kappa shape index (κ1) is 13.9. The van der Waals surface area contributed by atoms with Crippen molar-refractivity contribution in [3.8, 4) is 5.75 Å². The molecule has 1 aromatic carbocycles. The summed E-state index contributed by atoms with van der Waals surface area (Å²) in [6.07, 6.45) is 5.49. The van der Waals surface area contributed by atoms with Gasteiger partial charge in [-0.3, -0.25) is 0 Å². The van der Waals surface area contributed by atoms with Gasteiger partial charge in [0.15, 0.2) is 0 Å². The second kappa shape index (κ2) is 5.38. The summed E-state index contributed by atoms with van der Waals surface area (Å²) in [5.41, 5.74) is 2.16. The van der Waals surface area contributed by atoms with Crippen molar-refractivity contribution in [2.24, 2.45) is 0 Å². The van der Waals surface area contributed by atoms with Crippen LogP contribution in [-0.2, 0) is 4.74 Å². The van der Waals surface area contributed by atoms with Crippen molar-refractivity contribution in [3.05, 3.63) is 29.3 Å². The summed E-state index contributed by atoms with van der Waals surface area (Å²) in [5, 5.41) is 9.61. The summed E-state index contributed by atoms with van der Waals surface area (Å²) in [5.74, 6) is 0.941. The maximum absolute atomic E-state index is 9.61. The van der Waals surface area contributed by atoms with Crippen molar-refractivity contribution in [1.29, 1.82) is 0 Å². The zero-order valence-corrected chi connectivity index (χ0v) is 12.4. The largest absolute Gasteiger partial charge is 0.490 e. The van der Waals surface area contributed by atoms with E-state index in [-0.39, 0.29) is 11.7 Å². The van der Waals surface area contributed by atoms with Crippen molar-refractivity contribution in [1.82, 2.24) is 0 Å². The molecule has 3 nitrogen and oxygen atoms in total. The summed E-state index contributed by atoms with van der Waals surface area (Å²) >= 11 is 0. The molecule has 2 unspecified atom stereocenters. The Bertz CT molecular complexity index is 477. The number of ether oxygens (including phenoxy) is 2. The molecule has 1 saturated heterocycles. The summed E-state index contributed by atoms with van der Waals surface area (Å²) in [6.45, 7) is 4.64. The van der Waals surface area contributed by atoms with Gasteiger partial charge >= 0.3 is 0 Å². The van der Waals surface area contributed by atoms with E-state index in [1.165, 1.54) is 19.3 Å². The van der Waals surface area contributed by atoms with Crippen molar-refractivity contribution < 1.29 is 14.6 Å². The van der Waals surface area contributed by atoms with Crippen molar-refractivity contribution in [2.45, 2.75) is 63.8 Å². The number of aliphatic hydroxyl groups excluding tert-OH is 1. The average Bonchev–Trinajstić information content (AvgIpc) is 2.39. The molecule has 3 rings (SSSR count). The normalized spacial score (nSPS) is 26.1. The molecule has 1 spiro atoms. The molecule has 1 N–H and O–H groups in total. The zero-order valence-electron chi connectivity index (χ0n) is 12.4. The second-order valence-electron chi connectivity index (χ2n) is 6.32. The van der Waals surface area contributed by atoms with Crippen LogP contribution in [0.4, 0.5) is 0 Å². The van der Waals surface area contributed by atoms with Crippen LogP contribution < -0.4 is 4.74 Å². The smallest absolute Gasteiger partial charge is 0.122 e. The maximum atomic E-state index is 9.61. The van der Waals surface area contributed by atoms with Crippen LogP contribution in [0.2, 0.25) is 0 Å². The average molecular weight is 276 g/mol. The van der Waals surface area contributed by atoms with Gasteiger partial charge in [-0.25, -0.2) is 0 Å². The molecule has 1 heterocycles. The van der Waals surface area contributed by atoms with E-state index in [2.05, 4.69) is 0 Å². The number of aliphatic hydroxyl groups is 1. The van der Waals surface area contributed by atoms with Gasteiger partial charge in [0.05, 0.1) is 18.3 Å². The summed E-state index contributed by atoms with van der Waals surface area (Å²) < 4.78 is 12.1. The third-order valence-corrected chi connectivity index (χ3v) is 4.69. The van der Waals surface area contributed by atoms with Gasteiger partial charge < -0.3 is 14.6 Å². The fourth-order valence-corrected chi connectivity index (χ4v) is 3.25. The van der Waals surface area contributed by atoms with Gasteiger partial charge in [0.1, 0.15) is 11.9 Å². The van der Waals surface area contributed by atoms with Gasteiger partial charge in [0.2, 0.25) is 0 Å². The van der Waals surface area contributed by atoms with Gasteiger partial charge in [-0.1, -0.05) is 6.07 Å². The van der Waals surface area contributed by atoms with E-state index in [0.29, 0.717) is 0 Å². The monoisotopic (exact) mass is 276 g/mol. The van der Waals surface area contributed by atoms with Crippen LogP contribution in [0.3, 0.4) is 0 Å². The van der Waals surface area contributed by atoms with Gasteiger partial charge in [0.25, 0.3) is 0 Å². The van der Waals surface area contributed by atoms with Crippen molar-refractivity contribution in [2.75, 3.05) is 6.61 Å². The van der Waals surface area contributed by atoms with Crippen LogP contribution in [0.25, 0.3) is 0 Å². The Morgan fingerprint density at radius 3 is 2.80 bits per heavy atom. The molecule has 110 valence electrons. The Labute approximate surface area is 120 Å². The SMILES string of the molecule is Cc1cc(C(C)O)ccc1OC1CCOC2(CCC2)C1. The summed E-state index contributed by atoms with van der Waals surface area (Å²) in [6, 6.07) is 5.95. The molecule has 2 atom stereocenters. The lowest BCUT2D eigenvalue weighted by atomic mass is 9.74. The van der Waals surface area contributed by atoms with Crippen LogP contribution >= 0.6 is 0 Å². The predicted octanol–water partition coefficient (Wildman–Crippen LogP) is 3.53. The first-order chi connectivity index (χ1) is 9.58. The van der Waals surface area contributed by atoms with Gasteiger partial charge in [0, 0.05) is 12.8 Å². The molecule has 0 bridgehead atoms. The standard InChI is InChI=1S/C17H24O3/c1-12-10-14(13(2)18)4-5-16(12)20-15-6-9-19-17(11-15)7-3-8-17/h4-5,10,13,15,18H,3,6-9,11H2,1-2H3. The minimum atomic E-state index is -0.427. The molecule has 20 heavy (non-hydrogen) atoms. The first-order valence-electron chi connectivity index (χ1n) is 7.67. The Morgan fingerprint density at radius 1 is 1.40 bits per heavy atom. The molecule has 2 fully saturated rings. The van der Waals surface area contributed by atoms with Gasteiger partial charge in [-0.15, -0.1) is 0 Å². The Morgan fingerprint density at radius 2 is 2.20 bits per heavy atom. The summed E-state index contributed by atoms with van der Waals surface area (Å²) in [4.78, 5) is 0. The Balaban J connectivity index is 1.68. The van der Waals surface area contributed by atoms with Crippen LogP contribution in [0, 0.1) is 6.92 Å². The molecule has 1 aliphatic heterocycles. The Kier molecular flexibility index (Phi) is 3.74. The van der Waals surface area contributed by atoms with Gasteiger partial charge in [-0.05, 0) is 56.4 Å². The summed E-state index contributed by atoms with van der Waals surface area (Å²) in [7, 11) is 0. The highest BCUT2D eigenvalue weighted by Gasteiger charge is 2.43. The molecule has 1 aliphatic carbocycles. The molecule has 0 aromatic heterocycles. The molecular weight excluding hydrogens is 252 g/mol. The lowest BCUT2D eigenvalue weighted by Crippen LogP contribution is -2.48. The van der Waals surface area contributed by atoms with Crippen LogP contribution in [0.15, 0.2) is 18.2 Å². The maximum Gasteiger partial charge on any atom is 0.122 e. The fourth-order valence-electron chi connectivity index (χ4n) is 3.25. The highest BCUT2D eigenvalue weighted by Crippen LogP contribution is 2.43. The minimum absolute atomic E-state index is 0.121. The van der Waals surface area contributed by atoms with Gasteiger partial charge in [-0.2, -0.15) is 0 Å². The van der Waals surface area contributed by atoms with Crippen LogP contribution in [-0.4, -0.2) is 23.4 Å². The molecule has 3 heteroatoms. The van der Waals surface area contributed by atoms with E-state index in [1.54, 1.807) is 6.92 Å². The van der Waals surface area contributed by atoms with E-state index in [9.17, 15) is 5.11 Å². The molecular formula is C17H24O3. The molecule has 0 amide bonds. The van der Waals surface area contributed by atoms with E-state index < -0.39 is 6.10 Å². The highest BCUT2D eigenvalue weighted by atomic mass is 16.5. The first-order valence-corrected chi connectivity index (χ1v) is 7.67. The van der Waals surface area contributed by atoms with Crippen LogP contribution in [0.1, 0.15) is 56.3 Å². The fraction of sp³-hybridized carbons (Fsp3) is 0.647. The minimum Gasteiger partial charge on any atom is -0.490 e. The molecule has 1 saturated carbocycles. The third kappa shape index (κ3) is 2.70. The number of benzene rings is 1. The van der Waals surface area contributed by atoms with Crippen molar-refractivity contribution >= 4 is 0 Å². The van der Waals surface area contributed by atoms with Crippen molar-refractivity contribution in [3.63, 3.8) is 0 Å². The zero-order chi connectivity index (χ0) is 14.2. The van der Waals surface area contributed by atoms with E-state index in [4.69, 9.17) is 9.47 Å². The molecule has 2 aliphatic rings. The van der Waals surface area contributed by atoms with E-state index in [0.717, 1.165) is 36.3 Å². The number of hydrogen-bond donors (Lipinski definition) is 1. The number of hydrogen-bond acceptors (Lipinski definition) is 3. The van der Waals surface area contributed by atoms with Crippen LogP contribution in [0.5, 0.6) is 5.75 Å². The quantitative estimate of drug-likeness (QED) is 0.918. The third-order valence-electron chi connectivity index (χ3n) is 4.69. The van der Waals surface area contributed by atoms with E-state index >= 15 is 0 Å². The Hall–Kier alpha value is -1.06.